The normalized spacial score (nSPS) is 14.8. The highest BCUT2D eigenvalue weighted by molar-refractivity contribution is 6.01. The molecule has 11 rings (SSSR count). The van der Waals surface area contributed by atoms with Crippen molar-refractivity contribution in [3.63, 3.8) is 0 Å². The zero-order valence-electron chi connectivity index (χ0n) is 30.5. The molecule has 9 aromatic carbocycles. The van der Waals surface area contributed by atoms with E-state index in [9.17, 15) is 20.4 Å². The third-order valence-corrected chi connectivity index (χ3v) is 12.6. The number of aromatic hydroxyl groups is 4. The van der Waals surface area contributed by atoms with Gasteiger partial charge in [0.15, 0.2) is 0 Å². The van der Waals surface area contributed by atoms with E-state index in [1.54, 1.807) is 24.3 Å². The van der Waals surface area contributed by atoms with Crippen LogP contribution in [-0.4, -0.2) is 20.4 Å². The summed E-state index contributed by atoms with van der Waals surface area (Å²) in [7, 11) is 0. The Morgan fingerprint density at radius 1 is 0.304 bits per heavy atom. The van der Waals surface area contributed by atoms with Gasteiger partial charge in [-0.15, -0.1) is 0 Å². The predicted molar refractivity (Wildman–Crippen MR) is 220 cm³/mol. The second-order valence-electron chi connectivity index (χ2n) is 15.3. The Balaban J connectivity index is 1.16. The Bertz CT molecular complexity index is 2770. The molecule has 0 amide bonds. The van der Waals surface area contributed by atoms with E-state index in [0.29, 0.717) is 44.5 Å². The summed E-state index contributed by atoms with van der Waals surface area (Å²) in [5, 5.41) is 49.4. The average Bonchev–Trinajstić information content (AvgIpc) is 3.21. The van der Waals surface area contributed by atoms with Crippen molar-refractivity contribution in [2.24, 2.45) is 0 Å². The van der Waals surface area contributed by atoms with Crippen LogP contribution in [0.1, 0.15) is 47.2 Å². The van der Waals surface area contributed by atoms with Crippen molar-refractivity contribution in [1.29, 1.82) is 0 Å². The molecule has 0 unspecified atom stereocenters. The van der Waals surface area contributed by atoms with Crippen LogP contribution >= 0.6 is 0 Å². The van der Waals surface area contributed by atoms with E-state index in [2.05, 4.69) is 38.1 Å². The molecule has 0 radical (unpaired) electrons. The monoisotopic (exact) mass is 730 g/mol. The van der Waals surface area contributed by atoms with Crippen molar-refractivity contribution in [3.05, 3.63) is 179 Å². The van der Waals surface area contributed by atoms with Crippen molar-refractivity contribution < 1.29 is 29.9 Å². The van der Waals surface area contributed by atoms with Gasteiger partial charge in [-0.05, 0) is 49.2 Å². The van der Waals surface area contributed by atoms with Gasteiger partial charge in [0.25, 0.3) is 0 Å². The number of hydrogen-bond acceptors (Lipinski definition) is 6. The van der Waals surface area contributed by atoms with Crippen LogP contribution in [0.15, 0.2) is 146 Å². The van der Waals surface area contributed by atoms with Crippen LogP contribution in [0.3, 0.4) is 0 Å². The fourth-order valence-electron chi connectivity index (χ4n) is 9.52. The van der Waals surface area contributed by atoms with E-state index in [0.717, 1.165) is 54.9 Å². The summed E-state index contributed by atoms with van der Waals surface area (Å²) >= 11 is 0. The van der Waals surface area contributed by atoms with Gasteiger partial charge in [-0.25, -0.2) is 0 Å². The topological polar surface area (TPSA) is 99.4 Å². The Hall–Kier alpha value is -7.18. The molecule has 2 heterocycles. The largest absolute Gasteiger partial charge is 0.507 e. The quantitative estimate of drug-likeness (QED) is 0.141. The molecule has 0 saturated heterocycles. The fraction of sp³-hybridized carbons (Fsp3) is 0.0800. The molecule has 56 heavy (non-hydrogen) atoms. The molecule has 9 aromatic rings. The summed E-state index contributed by atoms with van der Waals surface area (Å²) in [6.45, 7) is 4.42. The van der Waals surface area contributed by atoms with Crippen LogP contribution in [0.2, 0.25) is 0 Å². The Kier molecular flexibility index (Phi) is 6.44. The van der Waals surface area contributed by atoms with Crippen molar-refractivity contribution in [1.82, 2.24) is 0 Å². The molecule has 6 heteroatoms. The van der Waals surface area contributed by atoms with Crippen molar-refractivity contribution in [2.75, 3.05) is 0 Å². The summed E-state index contributed by atoms with van der Waals surface area (Å²) in [6, 6.07) is 46.7. The van der Waals surface area contributed by atoms with E-state index in [4.69, 9.17) is 9.47 Å². The second kappa shape index (κ2) is 11.2. The minimum absolute atomic E-state index is 0.178. The molecule has 0 aliphatic carbocycles. The summed E-state index contributed by atoms with van der Waals surface area (Å²) < 4.78 is 13.7. The van der Waals surface area contributed by atoms with Gasteiger partial charge in [0.1, 0.15) is 46.0 Å². The first-order chi connectivity index (χ1) is 27.2. The van der Waals surface area contributed by atoms with E-state index >= 15 is 0 Å². The van der Waals surface area contributed by atoms with Gasteiger partial charge in [0.2, 0.25) is 0 Å². The van der Waals surface area contributed by atoms with E-state index in [1.165, 1.54) is 0 Å². The first-order valence-corrected chi connectivity index (χ1v) is 18.7. The maximum atomic E-state index is 10.9. The predicted octanol–water partition coefficient (Wildman–Crippen LogP) is 12.0. The zero-order valence-corrected chi connectivity index (χ0v) is 30.5. The van der Waals surface area contributed by atoms with Gasteiger partial charge in [-0.1, -0.05) is 121 Å². The molecule has 0 aromatic heterocycles. The molecular weight excluding hydrogens is 697 g/mol. The molecule has 2 aliphatic heterocycles. The number of hydrogen-bond donors (Lipinski definition) is 4. The molecule has 2 aliphatic rings. The van der Waals surface area contributed by atoms with E-state index < -0.39 is 10.8 Å². The lowest BCUT2D eigenvalue weighted by Gasteiger charge is -2.41. The SMILES string of the molecule is CC1(c2ccc(C3(C)c4ccc5c(O)cccc5c4Oc4c3ccc3c(O)cccc43)cc2)c2ccc3c(O)cccc3c2Oc2c1ccc1c(O)cccc21. The molecule has 0 spiro atoms. The lowest BCUT2D eigenvalue weighted by atomic mass is 9.66. The number of rotatable bonds is 2. The number of phenols is 4. The maximum Gasteiger partial charge on any atom is 0.139 e. The lowest BCUT2D eigenvalue weighted by molar-refractivity contribution is 0.434. The van der Waals surface area contributed by atoms with Crippen LogP contribution in [0.5, 0.6) is 46.0 Å². The Morgan fingerprint density at radius 2 is 0.554 bits per heavy atom. The number of ether oxygens (including phenoxy) is 2. The fourth-order valence-corrected chi connectivity index (χ4v) is 9.52. The van der Waals surface area contributed by atoms with Gasteiger partial charge in [-0.3, -0.25) is 0 Å². The highest BCUT2D eigenvalue weighted by Gasteiger charge is 2.44. The van der Waals surface area contributed by atoms with Crippen LogP contribution in [0, 0.1) is 0 Å². The molecule has 6 nitrogen and oxygen atoms in total. The second-order valence-corrected chi connectivity index (χ2v) is 15.3. The Labute approximate surface area is 321 Å². The molecule has 270 valence electrons. The van der Waals surface area contributed by atoms with Gasteiger partial charge in [-0.2, -0.15) is 0 Å². The van der Waals surface area contributed by atoms with Crippen molar-refractivity contribution in [2.45, 2.75) is 24.7 Å². The van der Waals surface area contributed by atoms with Crippen LogP contribution in [-0.2, 0) is 10.8 Å². The van der Waals surface area contributed by atoms with E-state index in [-0.39, 0.29) is 23.0 Å². The molecule has 0 fully saturated rings. The van der Waals surface area contributed by atoms with Gasteiger partial charge in [0.05, 0.1) is 0 Å². The first-order valence-electron chi connectivity index (χ1n) is 18.7. The lowest BCUT2D eigenvalue weighted by Crippen LogP contribution is -2.31. The summed E-state index contributed by atoms with van der Waals surface area (Å²) in [6.07, 6.45) is 0. The van der Waals surface area contributed by atoms with Crippen LogP contribution in [0.25, 0.3) is 43.1 Å². The molecule has 0 saturated carbocycles. The minimum atomic E-state index is -0.700. The highest BCUT2D eigenvalue weighted by atomic mass is 16.5. The Morgan fingerprint density at radius 3 is 0.804 bits per heavy atom. The molecule has 4 N–H and O–H groups in total. The average molecular weight is 731 g/mol. The maximum absolute atomic E-state index is 10.9. The minimum Gasteiger partial charge on any atom is -0.507 e. The van der Waals surface area contributed by atoms with Crippen LogP contribution < -0.4 is 9.47 Å². The van der Waals surface area contributed by atoms with Gasteiger partial charge in [0, 0.05) is 76.2 Å². The zero-order chi connectivity index (χ0) is 38.1. The van der Waals surface area contributed by atoms with Gasteiger partial charge >= 0.3 is 0 Å². The third kappa shape index (κ3) is 4.10. The molecule has 0 bridgehead atoms. The number of fused-ring (bicyclic) bond motifs is 12. The number of benzene rings is 9. The van der Waals surface area contributed by atoms with Crippen molar-refractivity contribution >= 4 is 43.1 Å². The summed E-state index contributed by atoms with van der Waals surface area (Å²) in [4.78, 5) is 0. The summed E-state index contributed by atoms with van der Waals surface area (Å²) in [5.41, 5.74) is 4.51. The molecule has 0 atom stereocenters. The highest BCUT2D eigenvalue weighted by Crippen LogP contribution is 2.59. The summed E-state index contributed by atoms with van der Waals surface area (Å²) in [5.74, 6) is 3.37. The first kappa shape index (κ1) is 32.3. The smallest absolute Gasteiger partial charge is 0.139 e. The van der Waals surface area contributed by atoms with E-state index in [1.807, 2.05) is 97.1 Å². The van der Waals surface area contributed by atoms with Crippen LogP contribution in [0.4, 0.5) is 0 Å². The third-order valence-electron chi connectivity index (χ3n) is 12.6. The number of phenolic OH excluding ortho intramolecular Hbond substituents is 4. The standard InChI is InChI=1S/C50H34O6/c1-49(37-23-19-29-33(7-3-11-41(29)51)45(37)55-46-34-8-4-12-42(52)30(34)20-24-38(46)49)27-15-17-28(18-16-27)50(2)39-25-21-31-35(9-5-13-43(31)53)47(39)56-48-36-10-6-14-44(54)32(36)22-26-40(48)50/h3-26,51-54H,1-2H3. The van der Waals surface area contributed by atoms with Gasteiger partial charge < -0.3 is 29.9 Å². The molecular formula is C50H34O6. The van der Waals surface area contributed by atoms with Crippen molar-refractivity contribution in [3.8, 4) is 46.0 Å².